The van der Waals surface area contributed by atoms with Crippen LogP contribution in [0.25, 0.3) is 0 Å². The number of hydrogen-bond donors (Lipinski definition) is 1. The van der Waals surface area contributed by atoms with Gasteiger partial charge in [0.15, 0.2) is 18.1 Å². The predicted molar refractivity (Wildman–Crippen MR) is 92.0 cm³/mol. The fraction of sp³-hybridized carbons (Fsp3) is 0.474. The third kappa shape index (κ3) is 5.62. The Labute approximate surface area is 143 Å². The highest BCUT2D eigenvalue weighted by Crippen LogP contribution is 2.28. The Morgan fingerprint density at radius 1 is 1.29 bits per heavy atom. The van der Waals surface area contributed by atoms with Crippen LogP contribution in [0.3, 0.4) is 0 Å². The fourth-order valence-corrected chi connectivity index (χ4v) is 2.65. The van der Waals surface area contributed by atoms with Gasteiger partial charge >= 0.3 is 0 Å². The maximum atomic E-state index is 11.9. The smallest absolute Gasteiger partial charge is 0.257 e. The number of benzene rings is 1. The number of carbonyl (C=O) groups is 1. The standard InChI is InChI=1S/C19H24N2O3/c1-2-23-18-12-16(13-20)8-9-17(18)24-14-19(22)21-11-10-15-6-4-3-5-7-15/h6,8-9,12H,2-5,7,10-11,14H2,1H3,(H,21,22). The summed E-state index contributed by atoms with van der Waals surface area (Å²) in [5.74, 6) is 0.802. The van der Waals surface area contributed by atoms with Crippen LogP contribution in [-0.2, 0) is 4.79 Å². The van der Waals surface area contributed by atoms with Crippen molar-refractivity contribution in [3.05, 3.63) is 35.4 Å². The van der Waals surface area contributed by atoms with Gasteiger partial charge in [0, 0.05) is 12.6 Å². The number of ether oxygens (including phenoxy) is 2. The zero-order chi connectivity index (χ0) is 17.2. The number of rotatable bonds is 8. The molecule has 0 radical (unpaired) electrons. The van der Waals surface area contributed by atoms with Gasteiger partial charge in [-0.3, -0.25) is 4.79 Å². The van der Waals surface area contributed by atoms with Crippen molar-refractivity contribution in [2.24, 2.45) is 0 Å². The quantitative estimate of drug-likeness (QED) is 0.743. The van der Waals surface area contributed by atoms with Crippen LogP contribution < -0.4 is 14.8 Å². The van der Waals surface area contributed by atoms with E-state index >= 15 is 0 Å². The van der Waals surface area contributed by atoms with Gasteiger partial charge in [-0.05, 0) is 51.2 Å². The second kappa shape index (κ2) is 9.61. The number of nitriles is 1. The normalized spacial score (nSPS) is 13.6. The molecule has 128 valence electrons. The molecule has 1 aliphatic rings. The molecule has 1 aliphatic carbocycles. The summed E-state index contributed by atoms with van der Waals surface area (Å²) in [5, 5.41) is 11.8. The minimum Gasteiger partial charge on any atom is -0.490 e. The van der Waals surface area contributed by atoms with Crippen LogP contribution in [0.2, 0.25) is 0 Å². The molecule has 0 bridgehead atoms. The zero-order valence-electron chi connectivity index (χ0n) is 14.1. The molecule has 0 spiro atoms. The zero-order valence-corrected chi connectivity index (χ0v) is 14.1. The summed E-state index contributed by atoms with van der Waals surface area (Å²) in [5.41, 5.74) is 1.93. The lowest BCUT2D eigenvalue weighted by Crippen LogP contribution is -2.30. The summed E-state index contributed by atoms with van der Waals surface area (Å²) in [6, 6.07) is 6.97. The summed E-state index contributed by atoms with van der Waals surface area (Å²) in [4.78, 5) is 11.9. The largest absolute Gasteiger partial charge is 0.490 e. The Morgan fingerprint density at radius 2 is 2.17 bits per heavy atom. The molecule has 0 saturated carbocycles. The second-order valence-corrected chi connectivity index (χ2v) is 5.70. The minimum absolute atomic E-state index is 0.0645. The van der Waals surface area contributed by atoms with E-state index in [0.717, 1.165) is 19.3 Å². The molecular formula is C19H24N2O3. The number of hydrogen-bond acceptors (Lipinski definition) is 4. The van der Waals surface area contributed by atoms with Gasteiger partial charge in [-0.25, -0.2) is 0 Å². The van der Waals surface area contributed by atoms with Crippen LogP contribution in [-0.4, -0.2) is 25.7 Å². The number of amides is 1. The Bertz CT molecular complexity index is 632. The Balaban J connectivity index is 1.78. The van der Waals surface area contributed by atoms with E-state index < -0.39 is 0 Å². The average Bonchev–Trinajstić information content (AvgIpc) is 2.61. The van der Waals surface area contributed by atoms with Crippen molar-refractivity contribution in [3.63, 3.8) is 0 Å². The molecule has 0 aliphatic heterocycles. The van der Waals surface area contributed by atoms with E-state index in [0.29, 0.717) is 30.2 Å². The van der Waals surface area contributed by atoms with E-state index in [2.05, 4.69) is 17.5 Å². The molecule has 1 aromatic carbocycles. The predicted octanol–water partition coefficient (Wildman–Crippen LogP) is 3.34. The van der Waals surface area contributed by atoms with Crippen LogP contribution in [0.1, 0.15) is 44.6 Å². The van der Waals surface area contributed by atoms with E-state index in [9.17, 15) is 4.79 Å². The number of nitrogens with one attached hydrogen (secondary N) is 1. The van der Waals surface area contributed by atoms with Gasteiger partial charge in [0.05, 0.1) is 18.2 Å². The van der Waals surface area contributed by atoms with Crippen molar-refractivity contribution in [2.45, 2.75) is 39.0 Å². The van der Waals surface area contributed by atoms with E-state index in [4.69, 9.17) is 14.7 Å². The Kier molecular flexibility index (Phi) is 7.16. The minimum atomic E-state index is -0.154. The summed E-state index contributed by atoms with van der Waals surface area (Å²) >= 11 is 0. The molecule has 0 unspecified atom stereocenters. The summed E-state index contributed by atoms with van der Waals surface area (Å²) in [6.45, 7) is 2.90. The second-order valence-electron chi connectivity index (χ2n) is 5.70. The van der Waals surface area contributed by atoms with E-state index in [1.807, 2.05) is 6.92 Å². The van der Waals surface area contributed by atoms with Gasteiger partial charge in [0.2, 0.25) is 0 Å². The molecule has 5 nitrogen and oxygen atoms in total. The lowest BCUT2D eigenvalue weighted by Gasteiger charge is -2.14. The van der Waals surface area contributed by atoms with Gasteiger partial charge in [0.1, 0.15) is 0 Å². The van der Waals surface area contributed by atoms with Gasteiger partial charge in [-0.15, -0.1) is 0 Å². The van der Waals surface area contributed by atoms with Crippen molar-refractivity contribution in [1.82, 2.24) is 5.32 Å². The molecule has 5 heteroatoms. The molecule has 1 aromatic rings. The molecule has 1 amide bonds. The molecule has 1 N–H and O–H groups in total. The monoisotopic (exact) mass is 328 g/mol. The average molecular weight is 328 g/mol. The van der Waals surface area contributed by atoms with Crippen LogP contribution in [0.4, 0.5) is 0 Å². The molecule has 0 aromatic heterocycles. The molecule has 2 rings (SSSR count). The first-order chi connectivity index (χ1) is 11.7. The van der Waals surface area contributed by atoms with Gasteiger partial charge in [-0.2, -0.15) is 5.26 Å². The first-order valence-electron chi connectivity index (χ1n) is 8.47. The maximum absolute atomic E-state index is 11.9. The van der Waals surface area contributed by atoms with Crippen LogP contribution >= 0.6 is 0 Å². The van der Waals surface area contributed by atoms with Crippen LogP contribution in [0.5, 0.6) is 11.5 Å². The van der Waals surface area contributed by atoms with Crippen LogP contribution in [0.15, 0.2) is 29.8 Å². The SMILES string of the molecule is CCOc1cc(C#N)ccc1OCC(=O)NCCC1=CCCCC1. The first-order valence-corrected chi connectivity index (χ1v) is 8.47. The molecular weight excluding hydrogens is 304 g/mol. The van der Waals surface area contributed by atoms with Crippen LogP contribution in [0, 0.1) is 11.3 Å². The van der Waals surface area contributed by atoms with E-state index in [-0.39, 0.29) is 12.5 Å². The third-order valence-corrected chi connectivity index (χ3v) is 3.88. The Morgan fingerprint density at radius 3 is 2.88 bits per heavy atom. The highest BCUT2D eigenvalue weighted by molar-refractivity contribution is 5.77. The van der Waals surface area contributed by atoms with Gasteiger partial charge in [0.25, 0.3) is 5.91 Å². The van der Waals surface area contributed by atoms with E-state index in [1.54, 1.807) is 18.2 Å². The molecule has 0 heterocycles. The topological polar surface area (TPSA) is 71.3 Å². The highest BCUT2D eigenvalue weighted by atomic mass is 16.5. The number of carbonyl (C=O) groups excluding carboxylic acids is 1. The molecule has 0 fully saturated rings. The molecule has 0 atom stereocenters. The molecule has 24 heavy (non-hydrogen) atoms. The van der Waals surface area contributed by atoms with Crippen molar-refractivity contribution in [1.29, 1.82) is 5.26 Å². The summed E-state index contributed by atoms with van der Waals surface area (Å²) in [7, 11) is 0. The summed E-state index contributed by atoms with van der Waals surface area (Å²) in [6.07, 6.45) is 8.03. The lowest BCUT2D eigenvalue weighted by atomic mass is 9.97. The third-order valence-electron chi connectivity index (χ3n) is 3.88. The number of nitrogens with zero attached hydrogens (tertiary/aromatic N) is 1. The summed E-state index contributed by atoms with van der Waals surface area (Å²) < 4.78 is 11.0. The van der Waals surface area contributed by atoms with Crippen molar-refractivity contribution < 1.29 is 14.3 Å². The lowest BCUT2D eigenvalue weighted by molar-refractivity contribution is -0.123. The first kappa shape index (κ1) is 17.9. The van der Waals surface area contributed by atoms with Gasteiger partial charge < -0.3 is 14.8 Å². The van der Waals surface area contributed by atoms with Gasteiger partial charge in [-0.1, -0.05) is 11.6 Å². The van der Waals surface area contributed by atoms with Crippen molar-refractivity contribution in [2.75, 3.05) is 19.8 Å². The van der Waals surface area contributed by atoms with Crippen molar-refractivity contribution >= 4 is 5.91 Å². The highest BCUT2D eigenvalue weighted by Gasteiger charge is 2.10. The van der Waals surface area contributed by atoms with Crippen molar-refractivity contribution in [3.8, 4) is 17.6 Å². The maximum Gasteiger partial charge on any atom is 0.257 e. The fourth-order valence-electron chi connectivity index (χ4n) is 2.65. The Hall–Kier alpha value is -2.48. The molecule has 0 saturated heterocycles. The number of allylic oxidation sites excluding steroid dienone is 1. The van der Waals surface area contributed by atoms with E-state index in [1.165, 1.54) is 18.4 Å².